The summed E-state index contributed by atoms with van der Waals surface area (Å²) < 4.78 is 18.5. The summed E-state index contributed by atoms with van der Waals surface area (Å²) in [6.45, 7) is 0.856. The van der Waals surface area contributed by atoms with Gasteiger partial charge in [0.25, 0.3) is 11.5 Å². The van der Waals surface area contributed by atoms with Gasteiger partial charge in [0.2, 0.25) is 0 Å². The van der Waals surface area contributed by atoms with Gasteiger partial charge in [0.05, 0.1) is 30.3 Å². The second-order valence-corrected chi connectivity index (χ2v) is 7.76. The molecule has 32 heavy (non-hydrogen) atoms. The predicted molar refractivity (Wildman–Crippen MR) is 120 cm³/mol. The van der Waals surface area contributed by atoms with Crippen LogP contribution in [-0.4, -0.2) is 34.7 Å². The average molecular weight is 449 g/mol. The lowest BCUT2D eigenvalue weighted by molar-refractivity contribution is 0.0789. The van der Waals surface area contributed by atoms with E-state index in [1.54, 1.807) is 36.6 Å². The van der Waals surface area contributed by atoms with Gasteiger partial charge < -0.3 is 24.2 Å². The Morgan fingerprint density at radius 3 is 2.81 bits per heavy atom. The lowest BCUT2D eigenvalue weighted by Crippen LogP contribution is -2.40. The van der Waals surface area contributed by atoms with E-state index in [0.717, 1.165) is 0 Å². The van der Waals surface area contributed by atoms with Crippen LogP contribution in [-0.2, 0) is 6.54 Å². The van der Waals surface area contributed by atoms with E-state index in [1.165, 1.54) is 4.57 Å². The van der Waals surface area contributed by atoms with E-state index in [4.69, 9.17) is 26.1 Å². The van der Waals surface area contributed by atoms with Crippen LogP contribution in [0.4, 0.5) is 0 Å². The topological polar surface area (TPSA) is 98.5 Å². The van der Waals surface area contributed by atoms with Crippen molar-refractivity contribution in [2.24, 2.45) is 0 Å². The molecule has 1 amide bonds. The number of para-hydroxylation sites is 2. The van der Waals surface area contributed by atoms with E-state index >= 15 is 0 Å². The molecule has 1 unspecified atom stereocenters. The first-order valence-corrected chi connectivity index (χ1v) is 10.5. The maximum atomic E-state index is 12.9. The number of aromatic nitrogens is 2. The summed E-state index contributed by atoms with van der Waals surface area (Å²) in [6.07, 6.45) is 1.25. The van der Waals surface area contributed by atoms with Crippen molar-refractivity contribution in [3.05, 3.63) is 87.3 Å². The van der Waals surface area contributed by atoms with Gasteiger partial charge in [-0.3, -0.25) is 14.2 Å². The first-order chi connectivity index (χ1) is 15.6. The second kappa shape index (κ2) is 8.35. The molecule has 162 valence electrons. The number of rotatable bonds is 5. The van der Waals surface area contributed by atoms with Gasteiger partial charge in [-0.2, -0.15) is 0 Å². The van der Waals surface area contributed by atoms with Gasteiger partial charge in [0.1, 0.15) is 18.5 Å². The molecule has 2 aromatic heterocycles. The fraction of sp³-hybridized carbons (Fsp3) is 0.174. The average Bonchev–Trinajstić information content (AvgIpc) is 3.33. The Hall–Kier alpha value is -3.85. The van der Waals surface area contributed by atoms with Crippen LogP contribution in [0, 0.1) is 4.77 Å². The van der Waals surface area contributed by atoms with Crippen LogP contribution in [0.2, 0.25) is 0 Å². The van der Waals surface area contributed by atoms with Crippen molar-refractivity contribution in [2.75, 3.05) is 13.2 Å². The summed E-state index contributed by atoms with van der Waals surface area (Å²) in [5.74, 6) is 1.69. The van der Waals surface area contributed by atoms with Crippen LogP contribution in [0.3, 0.4) is 0 Å². The summed E-state index contributed by atoms with van der Waals surface area (Å²) in [5, 5.41) is 3.29. The minimum Gasteiger partial charge on any atom is -0.486 e. The van der Waals surface area contributed by atoms with E-state index < -0.39 is 0 Å². The molecule has 0 fully saturated rings. The second-order valence-electron chi connectivity index (χ2n) is 7.37. The molecular weight excluding hydrogens is 430 g/mol. The molecule has 0 saturated carbocycles. The number of benzene rings is 2. The normalized spacial score (nSPS) is 14.9. The largest absolute Gasteiger partial charge is 0.486 e. The van der Waals surface area contributed by atoms with Gasteiger partial charge >= 0.3 is 0 Å². The Morgan fingerprint density at radius 1 is 1.16 bits per heavy atom. The van der Waals surface area contributed by atoms with Gasteiger partial charge in [-0.05, 0) is 54.7 Å². The fourth-order valence-electron chi connectivity index (χ4n) is 3.57. The maximum Gasteiger partial charge on any atom is 0.262 e. The third kappa shape index (κ3) is 3.90. The molecule has 5 rings (SSSR count). The van der Waals surface area contributed by atoms with Crippen molar-refractivity contribution < 1.29 is 18.7 Å². The van der Waals surface area contributed by atoms with E-state index in [1.807, 2.05) is 24.3 Å². The Labute approximate surface area is 187 Å². The van der Waals surface area contributed by atoms with Crippen LogP contribution in [0.25, 0.3) is 10.9 Å². The van der Waals surface area contributed by atoms with Gasteiger partial charge in [-0.25, -0.2) is 0 Å². The van der Waals surface area contributed by atoms with Crippen molar-refractivity contribution in [2.45, 2.75) is 12.6 Å². The van der Waals surface area contributed by atoms with Gasteiger partial charge in [-0.15, -0.1) is 0 Å². The zero-order valence-corrected chi connectivity index (χ0v) is 17.7. The highest BCUT2D eigenvalue weighted by molar-refractivity contribution is 7.71. The number of carbonyl (C=O) groups excluding carboxylic acids is 1. The number of aromatic amines is 1. The zero-order valence-electron chi connectivity index (χ0n) is 16.9. The van der Waals surface area contributed by atoms with Crippen molar-refractivity contribution in [1.82, 2.24) is 14.9 Å². The number of fused-ring (bicyclic) bond motifs is 2. The minimum atomic E-state index is -0.297. The van der Waals surface area contributed by atoms with Crippen LogP contribution in [0.1, 0.15) is 16.1 Å². The molecular formula is C23H19N3O5S. The number of furan rings is 1. The lowest BCUT2D eigenvalue weighted by atomic mass is 10.1. The lowest BCUT2D eigenvalue weighted by Gasteiger charge is -2.26. The molecule has 0 saturated heterocycles. The van der Waals surface area contributed by atoms with Gasteiger partial charge in [0.15, 0.2) is 16.3 Å². The predicted octanol–water partition coefficient (Wildman–Crippen LogP) is 3.27. The van der Waals surface area contributed by atoms with Crippen LogP contribution in [0.5, 0.6) is 11.5 Å². The maximum absolute atomic E-state index is 12.9. The standard InChI is InChI=1S/C23H19N3O5S/c27-21(24-11-16-13-30-19-5-1-2-6-20(19)31-16)14-7-8-17-18(10-14)25-23(32)26(22(17)28)12-15-4-3-9-29-15/h1-10,16H,11-13H2,(H,24,27)(H,25,32). The number of nitrogens with zero attached hydrogens (tertiary/aromatic N) is 1. The molecule has 2 N–H and O–H groups in total. The third-order valence-corrected chi connectivity index (χ3v) is 5.52. The smallest absolute Gasteiger partial charge is 0.262 e. The minimum absolute atomic E-state index is 0.228. The Kier molecular flexibility index (Phi) is 5.24. The highest BCUT2D eigenvalue weighted by Gasteiger charge is 2.21. The molecule has 1 aliphatic rings. The van der Waals surface area contributed by atoms with Gasteiger partial charge in [-0.1, -0.05) is 12.1 Å². The first-order valence-electron chi connectivity index (χ1n) is 10.0. The molecule has 8 nitrogen and oxygen atoms in total. The van der Waals surface area contributed by atoms with E-state index in [9.17, 15) is 9.59 Å². The van der Waals surface area contributed by atoms with Crippen molar-refractivity contribution in [3.63, 3.8) is 0 Å². The SMILES string of the molecule is O=C(NCC1COc2ccccc2O1)c1ccc2c(=O)n(Cc3ccco3)c(=S)[nH]c2c1. The molecule has 0 bridgehead atoms. The monoisotopic (exact) mass is 449 g/mol. The number of nitrogens with one attached hydrogen (secondary N) is 2. The molecule has 0 radical (unpaired) electrons. The summed E-state index contributed by atoms with van der Waals surface area (Å²) in [5.41, 5.74) is 0.650. The van der Waals surface area contributed by atoms with Crippen molar-refractivity contribution >= 4 is 29.0 Å². The van der Waals surface area contributed by atoms with E-state index in [0.29, 0.717) is 40.3 Å². The molecule has 1 atom stereocenters. The highest BCUT2D eigenvalue weighted by atomic mass is 32.1. The van der Waals surface area contributed by atoms with Crippen molar-refractivity contribution in [1.29, 1.82) is 0 Å². The molecule has 3 heterocycles. The molecule has 0 spiro atoms. The zero-order chi connectivity index (χ0) is 22.1. The molecule has 9 heteroatoms. The van der Waals surface area contributed by atoms with Crippen LogP contribution >= 0.6 is 12.2 Å². The molecule has 4 aromatic rings. The third-order valence-electron chi connectivity index (χ3n) is 5.20. The van der Waals surface area contributed by atoms with Crippen LogP contribution < -0.4 is 20.3 Å². The van der Waals surface area contributed by atoms with E-state index in [-0.39, 0.29) is 35.4 Å². The number of hydrogen-bond donors (Lipinski definition) is 2. The molecule has 0 aliphatic carbocycles. The van der Waals surface area contributed by atoms with Crippen molar-refractivity contribution in [3.8, 4) is 11.5 Å². The van der Waals surface area contributed by atoms with E-state index in [2.05, 4.69) is 10.3 Å². The number of ether oxygens (including phenoxy) is 2. The Morgan fingerprint density at radius 2 is 2.00 bits per heavy atom. The summed E-state index contributed by atoms with van der Waals surface area (Å²) >= 11 is 5.35. The quantitative estimate of drug-likeness (QED) is 0.454. The number of carbonyl (C=O) groups is 1. The molecule has 2 aromatic carbocycles. The summed E-state index contributed by atoms with van der Waals surface area (Å²) in [7, 11) is 0. The summed E-state index contributed by atoms with van der Waals surface area (Å²) in [4.78, 5) is 28.6. The van der Waals surface area contributed by atoms with Gasteiger partial charge in [0, 0.05) is 5.56 Å². The first kappa shape index (κ1) is 20.1. The Balaban J connectivity index is 1.32. The van der Waals surface area contributed by atoms with Crippen LogP contribution in [0.15, 0.2) is 70.1 Å². The Bertz CT molecular complexity index is 1410. The summed E-state index contributed by atoms with van der Waals surface area (Å²) in [6, 6.07) is 15.8. The number of H-pyrrole nitrogens is 1. The number of hydrogen-bond acceptors (Lipinski definition) is 6. The molecule has 1 aliphatic heterocycles. The fourth-order valence-corrected chi connectivity index (χ4v) is 3.83. The highest BCUT2D eigenvalue weighted by Crippen LogP contribution is 2.30. The number of amides is 1.